The summed E-state index contributed by atoms with van der Waals surface area (Å²) in [5, 5.41) is 5.45. The molecular formula is C13H14FNS2. The minimum Gasteiger partial charge on any atom is -0.311 e. The summed E-state index contributed by atoms with van der Waals surface area (Å²) in [6.45, 7) is 1.85. The highest BCUT2D eigenvalue weighted by Gasteiger charge is 1.96. The first-order valence-corrected chi connectivity index (χ1v) is 7.32. The number of nitrogens with one attached hydrogen (secondary N) is 1. The molecule has 0 saturated carbocycles. The van der Waals surface area contributed by atoms with Crippen molar-refractivity contribution >= 4 is 23.1 Å². The Morgan fingerprint density at radius 2 is 2.18 bits per heavy atom. The number of halogens is 1. The highest BCUT2D eigenvalue weighted by atomic mass is 32.2. The molecular weight excluding hydrogens is 253 g/mol. The molecule has 0 atom stereocenters. The largest absolute Gasteiger partial charge is 0.311 e. The summed E-state index contributed by atoms with van der Waals surface area (Å²) in [5.41, 5.74) is 0. The van der Waals surface area contributed by atoms with Gasteiger partial charge in [0.15, 0.2) is 0 Å². The van der Waals surface area contributed by atoms with E-state index in [0.29, 0.717) is 0 Å². The van der Waals surface area contributed by atoms with Crippen molar-refractivity contribution in [1.82, 2.24) is 5.32 Å². The van der Waals surface area contributed by atoms with Crippen LogP contribution in [0.3, 0.4) is 0 Å². The Bertz CT molecular complexity index is 442. The van der Waals surface area contributed by atoms with Gasteiger partial charge in [-0.25, -0.2) is 4.39 Å². The van der Waals surface area contributed by atoms with Gasteiger partial charge in [0.1, 0.15) is 5.82 Å². The number of hydrogen-bond acceptors (Lipinski definition) is 3. The van der Waals surface area contributed by atoms with Gasteiger partial charge in [-0.3, -0.25) is 0 Å². The van der Waals surface area contributed by atoms with Crippen LogP contribution in [0.1, 0.15) is 4.88 Å². The lowest BCUT2D eigenvalue weighted by molar-refractivity contribution is 0.624. The second-order valence-corrected chi connectivity index (χ2v) is 5.76. The van der Waals surface area contributed by atoms with Gasteiger partial charge < -0.3 is 5.32 Å². The molecule has 0 saturated heterocycles. The summed E-state index contributed by atoms with van der Waals surface area (Å²) < 4.78 is 12.9. The molecule has 0 aliphatic carbocycles. The molecule has 2 aromatic rings. The van der Waals surface area contributed by atoms with E-state index in [1.165, 1.54) is 10.9 Å². The summed E-state index contributed by atoms with van der Waals surface area (Å²) >= 11 is 3.43. The smallest absolute Gasteiger partial charge is 0.124 e. The fourth-order valence-corrected chi connectivity index (χ4v) is 2.95. The zero-order valence-electron chi connectivity index (χ0n) is 9.36. The zero-order chi connectivity index (χ0) is 11.9. The molecule has 0 aliphatic rings. The third-order valence-electron chi connectivity index (χ3n) is 2.22. The lowest BCUT2D eigenvalue weighted by atomic mass is 10.4. The van der Waals surface area contributed by atoms with E-state index in [1.54, 1.807) is 35.2 Å². The standard InChI is InChI=1S/C13H14FNS2/c14-11-3-1-4-12(9-11)17-8-6-15-10-13-5-2-7-16-13/h1-5,7,9,15H,6,8,10H2. The van der Waals surface area contributed by atoms with Gasteiger partial charge in [-0.15, -0.1) is 23.1 Å². The van der Waals surface area contributed by atoms with Gasteiger partial charge in [0.25, 0.3) is 0 Å². The summed E-state index contributed by atoms with van der Waals surface area (Å²) in [6.07, 6.45) is 0. The van der Waals surface area contributed by atoms with E-state index in [-0.39, 0.29) is 5.82 Å². The Hall–Kier alpha value is -0.840. The summed E-state index contributed by atoms with van der Waals surface area (Å²) in [4.78, 5) is 2.34. The summed E-state index contributed by atoms with van der Waals surface area (Å²) in [5.74, 6) is 0.788. The van der Waals surface area contributed by atoms with Crippen LogP contribution in [0.2, 0.25) is 0 Å². The van der Waals surface area contributed by atoms with Gasteiger partial charge >= 0.3 is 0 Å². The minimum atomic E-state index is -0.165. The highest BCUT2D eigenvalue weighted by Crippen LogP contribution is 2.17. The van der Waals surface area contributed by atoms with Crippen LogP contribution >= 0.6 is 23.1 Å². The molecule has 1 heterocycles. The van der Waals surface area contributed by atoms with E-state index in [9.17, 15) is 4.39 Å². The van der Waals surface area contributed by atoms with Crippen molar-refractivity contribution in [3.05, 3.63) is 52.5 Å². The molecule has 1 aromatic carbocycles. The molecule has 0 aliphatic heterocycles. The number of thiophene rings is 1. The van der Waals surface area contributed by atoms with E-state index in [2.05, 4.69) is 22.8 Å². The molecule has 1 aromatic heterocycles. The van der Waals surface area contributed by atoms with Crippen molar-refractivity contribution in [2.75, 3.05) is 12.3 Å². The third kappa shape index (κ3) is 4.50. The Labute approximate surface area is 109 Å². The van der Waals surface area contributed by atoms with Crippen LogP contribution in [0, 0.1) is 5.82 Å². The average molecular weight is 267 g/mol. The predicted octanol–water partition coefficient (Wildman–Crippen LogP) is 3.77. The first-order chi connectivity index (χ1) is 8.34. The monoisotopic (exact) mass is 267 g/mol. The van der Waals surface area contributed by atoms with E-state index >= 15 is 0 Å². The van der Waals surface area contributed by atoms with Gasteiger partial charge in [-0.05, 0) is 29.6 Å². The Balaban J connectivity index is 1.63. The van der Waals surface area contributed by atoms with Crippen molar-refractivity contribution in [2.24, 2.45) is 0 Å². The molecule has 1 nitrogen and oxygen atoms in total. The second-order valence-electron chi connectivity index (χ2n) is 3.56. The van der Waals surface area contributed by atoms with E-state index in [0.717, 1.165) is 23.7 Å². The lowest BCUT2D eigenvalue weighted by Gasteiger charge is -2.03. The lowest BCUT2D eigenvalue weighted by Crippen LogP contribution is -2.15. The third-order valence-corrected chi connectivity index (χ3v) is 4.09. The van der Waals surface area contributed by atoms with E-state index in [4.69, 9.17) is 0 Å². The van der Waals surface area contributed by atoms with Gasteiger partial charge in [-0.1, -0.05) is 12.1 Å². The first kappa shape index (κ1) is 12.6. The Morgan fingerprint density at radius 3 is 2.94 bits per heavy atom. The summed E-state index contributed by atoms with van der Waals surface area (Å²) in [6, 6.07) is 10.9. The fourth-order valence-electron chi connectivity index (χ4n) is 1.42. The van der Waals surface area contributed by atoms with Crippen molar-refractivity contribution < 1.29 is 4.39 Å². The van der Waals surface area contributed by atoms with Crippen molar-refractivity contribution in [2.45, 2.75) is 11.4 Å². The SMILES string of the molecule is Fc1cccc(SCCNCc2cccs2)c1. The van der Waals surface area contributed by atoms with E-state index in [1.807, 2.05) is 6.07 Å². The molecule has 1 N–H and O–H groups in total. The molecule has 2 rings (SSSR count). The van der Waals surface area contributed by atoms with Crippen molar-refractivity contribution in [3.8, 4) is 0 Å². The number of thioether (sulfide) groups is 1. The molecule has 0 spiro atoms. The van der Waals surface area contributed by atoms with Crippen LogP contribution in [0.25, 0.3) is 0 Å². The second kappa shape index (κ2) is 6.79. The van der Waals surface area contributed by atoms with Crippen molar-refractivity contribution in [1.29, 1.82) is 0 Å². The van der Waals surface area contributed by atoms with Crippen LogP contribution < -0.4 is 5.32 Å². The number of benzene rings is 1. The van der Waals surface area contributed by atoms with Gasteiger partial charge in [0.2, 0.25) is 0 Å². The molecule has 0 radical (unpaired) electrons. The Morgan fingerprint density at radius 1 is 1.24 bits per heavy atom. The molecule has 0 bridgehead atoms. The van der Waals surface area contributed by atoms with Crippen LogP contribution in [0.15, 0.2) is 46.7 Å². The number of rotatable bonds is 6. The maximum Gasteiger partial charge on any atom is 0.124 e. The maximum absolute atomic E-state index is 12.9. The zero-order valence-corrected chi connectivity index (χ0v) is 11.0. The van der Waals surface area contributed by atoms with Crippen LogP contribution in [0.4, 0.5) is 4.39 Å². The van der Waals surface area contributed by atoms with Gasteiger partial charge in [0, 0.05) is 28.6 Å². The number of hydrogen-bond donors (Lipinski definition) is 1. The quantitative estimate of drug-likeness (QED) is 0.631. The molecule has 17 heavy (non-hydrogen) atoms. The van der Waals surface area contributed by atoms with Gasteiger partial charge in [-0.2, -0.15) is 0 Å². The predicted molar refractivity (Wildman–Crippen MR) is 73.1 cm³/mol. The fraction of sp³-hybridized carbons (Fsp3) is 0.231. The highest BCUT2D eigenvalue weighted by molar-refractivity contribution is 7.99. The molecule has 0 amide bonds. The van der Waals surface area contributed by atoms with Gasteiger partial charge in [0.05, 0.1) is 0 Å². The molecule has 0 unspecified atom stereocenters. The topological polar surface area (TPSA) is 12.0 Å². The minimum absolute atomic E-state index is 0.165. The van der Waals surface area contributed by atoms with Crippen LogP contribution in [-0.4, -0.2) is 12.3 Å². The normalized spacial score (nSPS) is 10.6. The molecule has 4 heteroatoms. The average Bonchev–Trinajstić information content (AvgIpc) is 2.82. The molecule has 0 fully saturated rings. The summed E-state index contributed by atoms with van der Waals surface area (Å²) in [7, 11) is 0. The van der Waals surface area contributed by atoms with Crippen LogP contribution in [-0.2, 0) is 6.54 Å². The van der Waals surface area contributed by atoms with Crippen LogP contribution in [0.5, 0.6) is 0 Å². The first-order valence-electron chi connectivity index (χ1n) is 5.46. The Kier molecular flexibility index (Phi) is 5.04. The van der Waals surface area contributed by atoms with E-state index < -0.39 is 0 Å². The van der Waals surface area contributed by atoms with Crippen molar-refractivity contribution in [3.63, 3.8) is 0 Å². The molecule has 90 valence electrons. The maximum atomic E-state index is 12.9.